The van der Waals surface area contributed by atoms with Crippen LogP contribution in [0.3, 0.4) is 0 Å². The van der Waals surface area contributed by atoms with Gasteiger partial charge in [-0.05, 0) is 12.0 Å². The lowest BCUT2D eigenvalue weighted by Gasteiger charge is -2.27. The fourth-order valence-electron chi connectivity index (χ4n) is 1.53. The molecule has 0 fully saturated rings. The molecule has 4 heteroatoms. The smallest absolute Gasteiger partial charge is 0.0987 e. The highest BCUT2D eigenvalue weighted by molar-refractivity contribution is 5.30. The van der Waals surface area contributed by atoms with E-state index in [2.05, 4.69) is 0 Å². The van der Waals surface area contributed by atoms with Crippen LogP contribution >= 0.6 is 0 Å². The summed E-state index contributed by atoms with van der Waals surface area (Å²) in [5.74, 6) is 0.0949. The average molecular weight is 200 g/mol. The van der Waals surface area contributed by atoms with E-state index in [-0.39, 0.29) is 31.8 Å². The molecule has 0 heterocycles. The van der Waals surface area contributed by atoms with Crippen LogP contribution in [0.25, 0.3) is 0 Å². The second-order valence-corrected chi connectivity index (χ2v) is 3.53. The Morgan fingerprint density at radius 1 is 1.29 bits per heavy atom. The maximum atomic E-state index is 9.82. The summed E-state index contributed by atoms with van der Waals surface area (Å²) in [6, 6.07) is 0. The van der Waals surface area contributed by atoms with Crippen LogP contribution in [0.1, 0.15) is 19.3 Å². The van der Waals surface area contributed by atoms with Crippen molar-refractivity contribution in [3.63, 3.8) is 0 Å². The van der Waals surface area contributed by atoms with Gasteiger partial charge in [-0.3, -0.25) is 0 Å². The van der Waals surface area contributed by atoms with Crippen LogP contribution in [0.2, 0.25) is 0 Å². The third-order valence-electron chi connectivity index (χ3n) is 2.36. The molecule has 0 aliphatic heterocycles. The first-order valence-electron chi connectivity index (χ1n) is 4.65. The lowest BCUT2D eigenvalue weighted by Crippen LogP contribution is -2.30. The van der Waals surface area contributed by atoms with Gasteiger partial charge in [0.1, 0.15) is 0 Å². The van der Waals surface area contributed by atoms with Crippen molar-refractivity contribution in [2.45, 2.75) is 24.9 Å². The monoisotopic (exact) mass is 200 g/mol. The van der Waals surface area contributed by atoms with E-state index < -0.39 is 5.60 Å². The molecule has 4 N–H and O–H groups in total. The van der Waals surface area contributed by atoms with Crippen molar-refractivity contribution in [1.29, 1.82) is 0 Å². The first-order chi connectivity index (χ1) is 6.61. The van der Waals surface area contributed by atoms with Crippen molar-refractivity contribution in [1.82, 2.24) is 0 Å². The van der Waals surface area contributed by atoms with Crippen molar-refractivity contribution in [3.8, 4) is 0 Å². The highest BCUT2D eigenvalue weighted by Crippen LogP contribution is 2.29. The first kappa shape index (κ1) is 11.2. The maximum Gasteiger partial charge on any atom is 0.0987 e. The van der Waals surface area contributed by atoms with Gasteiger partial charge in [0.25, 0.3) is 0 Å². The standard InChI is InChI=1S/C10H16O4/c11-5-2-8-1-3-10(14,4-6-12)7-9(8)13/h1,3,11-14H,2,4-7H2. The molecule has 0 spiro atoms. The molecule has 0 aromatic heterocycles. The van der Waals surface area contributed by atoms with Crippen molar-refractivity contribution >= 4 is 0 Å². The van der Waals surface area contributed by atoms with Crippen LogP contribution in [0.15, 0.2) is 23.5 Å². The zero-order chi connectivity index (χ0) is 10.6. The van der Waals surface area contributed by atoms with E-state index in [4.69, 9.17) is 10.2 Å². The van der Waals surface area contributed by atoms with Gasteiger partial charge in [-0.15, -0.1) is 0 Å². The molecule has 1 atom stereocenters. The predicted octanol–water partition coefficient (Wildman–Crippen LogP) is 0.254. The lowest BCUT2D eigenvalue weighted by atomic mass is 9.87. The Kier molecular flexibility index (Phi) is 3.69. The van der Waals surface area contributed by atoms with Crippen molar-refractivity contribution < 1.29 is 20.4 Å². The third kappa shape index (κ3) is 2.57. The summed E-state index contributed by atoms with van der Waals surface area (Å²) in [6.07, 6.45) is 3.87. The Labute approximate surface area is 82.8 Å². The Balaban J connectivity index is 2.69. The first-order valence-corrected chi connectivity index (χ1v) is 4.65. The lowest BCUT2D eigenvalue weighted by molar-refractivity contribution is 0.0491. The molecule has 14 heavy (non-hydrogen) atoms. The molecule has 0 radical (unpaired) electrons. The summed E-state index contributed by atoms with van der Waals surface area (Å²) >= 11 is 0. The van der Waals surface area contributed by atoms with E-state index in [1.807, 2.05) is 0 Å². The van der Waals surface area contributed by atoms with Crippen molar-refractivity contribution in [3.05, 3.63) is 23.5 Å². The molecule has 0 amide bonds. The molecule has 0 saturated heterocycles. The van der Waals surface area contributed by atoms with Gasteiger partial charge in [0.05, 0.1) is 11.4 Å². The summed E-state index contributed by atoms with van der Waals surface area (Å²) in [5.41, 5.74) is -0.493. The highest BCUT2D eigenvalue weighted by Gasteiger charge is 2.28. The molecular weight excluding hydrogens is 184 g/mol. The molecule has 0 aromatic carbocycles. The molecule has 1 aliphatic carbocycles. The summed E-state index contributed by atoms with van der Waals surface area (Å²) < 4.78 is 0. The van der Waals surface area contributed by atoms with Gasteiger partial charge < -0.3 is 20.4 Å². The molecule has 0 bridgehead atoms. The van der Waals surface area contributed by atoms with Gasteiger partial charge >= 0.3 is 0 Å². The van der Waals surface area contributed by atoms with Crippen LogP contribution in [0, 0.1) is 0 Å². The summed E-state index contributed by atoms with van der Waals surface area (Å²) in [4.78, 5) is 0. The van der Waals surface area contributed by atoms with Gasteiger partial charge in [-0.1, -0.05) is 12.2 Å². The van der Waals surface area contributed by atoms with Crippen LogP contribution in [-0.2, 0) is 0 Å². The molecular formula is C10H16O4. The average Bonchev–Trinajstić information content (AvgIpc) is 2.10. The summed E-state index contributed by atoms with van der Waals surface area (Å²) in [7, 11) is 0. The largest absolute Gasteiger partial charge is 0.512 e. The fourth-order valence-corrected chi connectivity index (χ4v) is 1.53. The summed E-state index contributed by atoms with van der Waals surface area (Å²) in [6.45, 7) is -0.147. The quantitative estimate of drug-likeness (QED) is 0.524. The minimum atomic E-state index is -1.14. The van der Waals surface area contributed by atoms with Gasteiger partial charge in [0, 0.05) is 26.1 Å². The molecule has 1 aliphatic rings. The number of allylic oxidation sites excluding steroid dienone is 1. The fraction of sp³-hybridized carbons (Fsp3) is 0.600. The van der Waals surface area contributed by atoms with E-state index in [0.717, 1.165) is 0 Å². The number of hydrogen-bond donors (Lipinski definition) is 4. The summed E-state index contributed by atoms with van der Waals surface area (Å²) in [5, 5.41) is 36.8. The van der Waals surface area contributed by atoms with Gasteiger partial charge in [0.2, 0.25) is 0 Å². The van der Waals surface area contributed by atoms with Gasteiger partial charge in [0.15, 0.2) is 0 Å². The molecule has 1 rings (SSSR count). The van der Waals surface area contributed by atoms with Crippen molar-refractivity contribution in [2.75, 3.05) is 13.2 Å². The molecule has 4 nitrogen and oxygen atoms in total. The van der Waals surface area contributed by atoms with E-state index in [1.165, 1.54) is 0 Å². The Morgan fingerprint density at radius 2 is 2.00 bits per heavy atom. The van der Waals surface area contributed by atoms with E-state index in [1.54, 1.807) is 12.2 Å². The molecule has 0 saturated carbocycles. The number of hydrogen-bond acceptors (Lipinski definition) is 4. The van der Waals surface area contributed by atoms with Crippen LogP contribution in [0.4, 0.5) is 0 Å². The number of rotatable bonds is 4. The van der Waals surface area contributed by atoms with Gasteiger partial charge in [-0.2, -0.15) is 0 Å². The molecule has 80 valence electrons. The van der Waals surface area contributed by atoms with Crippen LogP contribution in [0.5, 0.6) is 0 Å². The van der Waals surface area contributed by atoms with E-state index in [9.17, 15) is 10.2 Å². The highest BCUT2D eigenvalue weighted by atomic mass is 16.3. The third-order valence-corrected chi connectivity index (χ3v) is 2.36. The predicted molar refractivity (Wildman–Crippen MR) is 51.8 cm³/mol. The Hall–Kier alpha value is -0.840. The Bertz CT molecular complexity index is 257. The van der Waals surface area contributed by atoms with E-state index >= 15 is 0 Å². The second kappa shape index (κ2) is 4.59. The normalized spacial score (nSPS) is 27.1. The second-order valence-electron chi connectivity index (χ2n) is 3.53. The van der Waals surface area contributed by atoms with E-state index in [0.29, 0.717) is 12.0 Å². The number of aliphatic hydroxyl groups excluding tert-OH is 3. The van der Waals surface area contributed by atoms with Crippen LogP contribution < -0.4 is 0 Å². The Morgan fingerprint density at radius 3 is 2.50 bits per heavy atom. The van der Waals surface area contributed by atoms with Crippen molar-refractivity contribution in [2.24, 2.45) is 0 Å². The zero-order valence-electron chi connectivity index (χ0n) is 7.98. The SMILES string of the molecule is OCCC1=C(O)CC(O)(CCO)C=C1. The maximum absolute atomic E-state index is 9.82. The number of aliphatic hydroxyl groups is 4. The molecule has 0 aromatic rings. The zero-order valence-corrected chi connectivity index (χ0v) is 7.98. The molecule has 1 unspecified atom stereocenters. The minimum Gasteiger partial charge on any atom is -0.512 e. The van der Waals surface area contributed by atoms with Crippen LogP contribution in [-0.4, -0.2) is 39.2 Å². The topological polar surface area (TPSA) is 80.9 Å². The van der Waals surface area contributed by atoms with Gasteiger partial charge in [-0.25, -0.2) is 0 Å². The minimum absolute atomic E-state index is 0.0256.